The Balaban J connectivity index is 0.873. The number of hydrogen-bond donors (Lipinski definition) is 0. The number of urea groups is 4. The third kappa shape index (κ3) is 6.07. The van der Waals surface area contributed by atoms with Crippen molar-refractivity contribution >= 4 is 70.7 Å². The van der Waals surface area contributed by atoms with E-state index in [4.69, 9.17) is 4.98 Å². The van der Waals surface area contributed by atoms with Crippen LogP contribution in [0.15, 0.2) is 91.0 Å². The molecule has 0 N–H and O–H groups in total. The predicted molar refractivity (Wildman–Crippen MR) is 201 cm³/mol. The van der Waals surface area contributed by atoms with Crippen molar-refractivity contribution in [2.45, 2.75) is 0 Å². The summed E-state index contributed by atoms with van der Waals surface area (Å²) in [5, 5.41) is 0. The highest BCUT2D eigenvalue weighted by molar-refractivity contribution is 6.08. The molecule has 17 nitrogen and oxygen atoms in total. The number of carbonyl (C=O) groups excluding carboxylic acids is 4. The van der Waals surface area contributed by atoms with Gasteiger partial charge >= 0.3 is 24.1 Å². The minimum Gasteiger partial charge on any atom is -0.276 e. The van der Waals surface area contributed by atoms with E-state index >= 15 is 0 Å². The predicted octanol–water partition coefficient (Wildman–Crippen LogP) is 4.73. The molecule has 0 spiro atoms. The monoisotopic (exact) mass is 759 g/mol. The molecular formula is C37H31F2N13O4. The van der Waals surface area contributed by atoms with Crippen molar-refractivity contribution in [1.82, 2.24) is 24.9 Å². The number of carbonyl (C=O) groups is 4. The molecule has 0 atom stereocenters. The van der Waals surface area contributed by atoms with Crippen LogP contribution in [0, 0.1) is 11.9 Å². The molecule has 9 heterocycles. The molecule has 0 aliphatic carbocycles. The smallest absolute Gasteiger partial charge is 0.276 e. The first-order chi connectivity index (χ1) is 27.2. The number of rotatable bonds is 8. The Bertz CT molecular complexity index is 2240. The molecule has 4 saturated heterocycles. The lowest BCUT2D eigenvalue weighted by atomic mass is 10.4. The zero-order valence-corrected chi connectivity index (χ0v) is 29.5. The van der Waals surface area contributed by atoms with Gasteiger partial charge in [0.15, 0.2) is 0 Å². The number of amides is 8. The molecule has 0 unspecified atom stereocenters. The lowest BCUT2D eigenvalue weighted by Gasteiger charge is -2.22. The van der Waals surface area contributed by atoms with Gasteiger partial charge in [0.2, 0.25) is 11.9 Å². The molecule has 8 amide bonds. The zero-order chi connectivity index (χ0) is 38.5. The fourth-order valence-electron chi connectivity index (χ4n) is 7.08. The molecule has 0 saturated carbocycles. The van der Waals surface area contributed by atoms with Gasteiger partial charge in [-0.05, 0) is 60.7 Å². The first kappa shape index (κ1) is 34.5. The molecule has 5 aromatic heterocycles. The Hall–Kier alpha value is -7.31. The van der Waals surface area contributed by atoms with Crippen LogP contribution in [0.2, 0.25) is 0 Å². The van der Waals surface area contributed by atoms with Crippen LogP contribution in [0.25, 0.3) is 0 Å². The third-order valence-corrected chi connectivity index (χ3v) is 9.81. The Kier molecular flexibility index (Phi) is 8.51. The number of anilines is 8. The second-order valence-electron chi connectivity index (χ2n) is 13.0. The largest absolute Gasteiger partial charge is 0.331 e. The average Bonchev–Trinajstić information content (AvgIpc) is 4.00. The first-order valence-electron chi connectivity index (χ1n) is 17.8. The molecule has 4 aliphatic heterocycles. The van der Waals surface area contributed by atoms with Crippen molar-refractivity contribution in [1.29, 1.82) is 0 Å². The molecule has 0 aromatic carbocycles. The molecule has 0 radical (unpaired) electrons. The summed E-state index contributed by atoms with van der Waals surface area (Å²) in [7, 11) is 0. The number of hydrogen-bond acceptors (Lipinski definition) is 9. The van der Waals surface area contributed by atoms with E-state index in [0.29, 0.717) is 74.2 Å². The number of aromatic nitrogens is 5. The summed E-state index contributed by atoms with van der Waals surface area (Å²) >= 11 is 0. The highest BCUT2D eigenvalue weighted by Gasteiger charge is 2.38. The maximum absolute atomic E-state index is 13.8. The van der Waals surface area contributed by atoms with E-state index < -0.39 is 24.0 Å². The quantitative estimate of drug-likeness (QED) is 0.204. The Morgan fingerprint density at radius 2 is 0.482 bits per heavy atom. The van der Waals surface area contributed by atoms with Crippen molar-refractivity contribution in [3.63, 3.8) is 0 Å². The second-order valence-corrected chi connectivity index (χ2v) is 13.0. The summed E-state index contributed by atoms with van der Waals surface area (Å²) in [4.78, 5) is 87.3. The second kappa shape index (κ2) is 13.8. The Labute approximate surface area is 317 Å². The minimum absolute atomic E-state index is 0.202. The van der Waals surface area contributed by atoms with Crippen LogP contribution in [0.5, 0.6) is 0 Å². The average molecular weight is 760 g/mol. The minimum atomic E-state index is -0.688. The maximum atomic E-state index is 13.8. The van der Waals surface area contributed by atoms with Crippen LogP contribution in [0.4, 0.5) is 74.5 Å². The third-order valence-electron chi connectivity index (χ3n) is 9.81. The molecule has 9 rings (SSSR count). The molecule has 4 aliphatic rings. The van der Waals surface area contributed by atoms with E-state index in [2.05, 4.69) is 19.9 Å². The summed E-state index contributed by atoms with van der Waals surface area (Å²) in [6.07, 6.45) is 0. The summed E-state index contributed by atoms with van der Waals surface area (Å²) in [5.41, 5.74) is 0. The highest BCUT2D eigenvalue weighted by atomic mass is 19.1. The van der Waals surface area contributed by atoms with Gasteiger partial charge in [-0.15, -0.1) is 0 Å². The van der Waals surface area contributed by atoms with Gasteiger partial charge in [-0.1, -0.05) is 30.3 Å². The number of nitrogens with zero attached hydrogens (tertiary/aromatic N) is 13. The van der Waals surface area contributed by atoms with Gasteiger partial charge in [-0.2, -0.15) is 8.78 Å². The van der Waals surface area contributed by atoms with Crippen molar-refractivity contribution in [3.05, 3.63) is 103 Å². The van der Waals surface area contributed by atoms with Crippen LogP contribution >= 0.6 is 0 Å². The van der Waals surface area contributed by atoms with Crippen molar-refractivity contribution in [3.8, 4) is 0 Å². The van der Waals surface area contributed by atoms with Crippen molar-refractivity contribution in [2.24, 2.45) is 0 Å². The lowest BCUT2D eigenvalue weighted by molar-refractivity contribution is 0.254. The zero-order valence-electron chi connectivity index (χ0n) is 29.5. The molecule has 282 valence electrons. The first-order valence-corrected chi connectivity index (χ1v) is 17.8. The van der Waals surface area contributed by atoms with E-state index in [9.17, 15) is 28.0 Å². The number of halogens is 2. The van der Waals surface area contributed by atoms with E-state index in [1.165, 1.54) is 63.5 Å². The van der Waals surface area contributed by atoms with Crippen LogP contribution in [-0.4, -0.2) is 101 Å². The Morgan fingerprint density at radius 1 is 0.304 bits per heavy atom. The lowest BCUT2D eigenvalue weighted by Crippen LogP contribution is -2.35. The van der Waals surface area contributed by atoms with Crippen LogP contribution < -0.4 is 39.2 Å². The summed E-state index contributed by atoms with van der Waals surface area (Å²) in [5.74, 6) is 1.08. The van der Waals surface area contributed by atoms with Crippen LogP contribution in [0.1, 0.15) is 0 Å². The SMILES string of the molecule is O=C1N(c2cccc(F)n2)CCN1c1cccc(N2CCN(c3cccc(N4CCN(c5cccc(N6CCN(c7cccc(F)n7)C6=O)n5)C4=O)n3)C2=O)n1. The molecule has 56 heavy (non-hydrogen) atoms. The van der Waals surface area contributed by atoms with E-state index in [1.807, 2.05) is 0 Å². The van der Waals surface area contributed by atoms with Crippen molar-refractivity contribution in [2.75, 3.05) is 91.6 Å². The topological polar surface area (TPSA) is 159 Å². The van der Waals surface area contributed by atoms with Gasteiger partial charge in [0.1, 0.15) is 46.5 Å². The van der Waals surface area contributed by atoms with E-state index in [-0.39, 0.29) is 36.8 Å². The standard InChI is InChI=1S/C37H31F2N13O4/c38-24-6-1-8-26(40-24)45-16-18-47(34(45)53)28-10-3-12-30(42-28)49-20-22-51(36(49)55)32-14-5-15-33(44-32)52-23-21-50(37(52)56)31-13-4-11-29(43-31)48-19-17-46(35(48)54)27-9-2-7-25(39)41-27/h1-15H,16-23H2. The molecular weight excluding hydrogens is 728 g/mol. The van der Waals surface area contributed by atoms with Gasteiger partial charge in [0, 0.05) is 52.4 Å². The van der Waals surface area contributed by atoms with Gasteiger partial charge in [-0.25, -0.2) is 44.1 Å². The summed E-state index contributed by atoms with van der Waals surface area (Å²) in [6.45, 7) is 2.34. The van der Waals surface area contributed by atoms with Gasteiger partial charge in [0.25, 0.3) is 0 Å². The molecule has 19 heteroatoms. The van der Waals surface area contributed by atoms with Crippen molar-refractivity contribution < 1.29 is 28.0 Å². The molecule has 0 bridgehead atoms. The van der Waals surface area contributed by atoms with Gasteiger partial charge in [0.05, 0.1) is 0 Å². The van der Waals surface area contributed by atoms with Crippen LogP contribution in [0.3, 0.4) is 0 Å². The maximum Gasteiger partial charge on any atom is 0.331 e. The molecule has 5 aromatic rings. The fraction of sp³-hybridized carbons (Fsp3) is 0.216. The van der Waals surface area contributed by atoms with E-state index in [0.717, 1.165) is 0 Å². The Morgan fingerprint density at radius 3 is 0.679 bits per heavy atom. The molecule has 4 fully saturated rings. The normalized spacial score (nSPS) is 17.5. The summed E-state index contributed by atoms with van der Waals surface area (Å²) < 4.78 is 27.5. The van der Waals surface area contributed by atoms with Crippen LogP contribution in [-0.2, 0) is 0 Å². The number of pyridine rings is 5. The summed E-state index contributed by atoms with van der Waals surface area (Å²) in [6, 6.07) is 22.1. The van der Waals surface area contributed by atoms with E-state index in [1.54, 1.807) is 66.7 Å². The fourth-order valence-corrected chi connectivity index (χ4v) is 7.08. The highest BCUT2D eigenvalue weighted by Crippen LogP contribution is 2.31. The van der Waals surface area contributed by atoms with Gasteiger partial charge < -0.3 is 0 Å². The van der Waals surface area contributed by atoms with Gasteiger partial charge in [-0.3, -0.25) is 39.2 Å².